The lowest BCUT2D eigenvalue weighted by Crippen LogP contribution is -2.34. The summed E-state index contributed by atoms with van der Waals surface area (Å²) in [4.78, 5) is 32.2. The highest BCUT2D eigenvalue weighted by Gasteiger charge is 2.24. The molecule has 2 aromatic rings. The summed E-state index contributed by atoms with van der Waals surface area (Å²) >= 11 is 0. The number of hydrogen-bond acceptors (Lipinski definition) is 6. The maximum Gasteiger partial charge on any atom is 0.328 e. The lowest BCUT2D eigenvalue weighted by molar-refractivity contribution is -0.134. The van der Waals surface area contributed by atoms with Gasteiger partial charge in [-0.15, -0.1) is 0 Å². The number of carboxylic acid groups (broad SMARTS) is 2. The molecule has 30 heavy (non-hydrogen) atoms. The molecule has 1 fully saturated rings. The number of likely N-dealkylation sites (tertiary alicyclic amines) is 1. The number of hydrogen-bond donors (Lipinski definition) is 3. The van der Waals surface area contributed by atoms with E-state index in [4.69, 9.17) is 20.5 Å². The zero-order valence-corrected chi connectivity index (χ0v) is 16.3. The van der Waals surface area contributed by atoms with Gasteiger partial charge in [-0.05, 0) is 51.0 Å². The van der Waals surface area contributed by atoms with Crippen molar-refractivity contribution in [2.75, 3.05) is 19.6 Å². The van der Waals surface area contributed by atoms with Gasteiger partial charge in [0.15, 0.2) is 5.58 Å². The first-order chi connectivity index (χ1) is 14.3. The highest BCUT2D eigenvalue weighted by Crippen LogP contribution is 2.32. The Balaban J connectivity index is 0.000000343. The molecule has 10 heteroatoms. The van der Waals surface area contributed by atoms with Gasteiger partial charge in [-0.3, -0.25) is 4.79 Å². The quantitative estimate of drug-likeness (QED) is 0.576. The number of amides is 1. The monoisotopic (exact) mass is 421 g/mol. The van der Waals surface area contributed by atoms with Crippen LogP contribution in [0.25, 0.3) is 11.0 Å². The second-order valence-electron chi connectivity index (χ2n) is 6.90. The van der Waals surface area contributed by atoms with Crippen molar-refractivity contribution in [2.45, 2.75) is 31.6 Å². The SMILES string of the molecule is NC(=O)CCCN1CCC(c2noc3cc(F)ccc23)CC1.O=C(O)C=CC(=O)O. The Morgan fingerprint density at radius 2 is 1.83 bits per heavy atom. The van der Waals surface area contributed by atoms with Crippen LogP contribution in [0, 0.1) is 5.82 Å². The van der Waals surface area contributed by atoms with E-state index in [-0.39, 0.29) is 11.7 Å². The van der Waals surface area contributed by atoms with Gasteiger partial charge in [0.2, 0.25) is 5.91 Å². The van der Waals surface area contributed by atoms with Gasteiger partial charge >= 0.3 is 11.9 Å². The number of fused-ring (bicyclic) bond motifs is 1. The van der Waals surface area contributed by atoms with Crippen LogP contribution in [0.15, 0.2) is 34.9 Å². The average Bonchev–Trinajstić information content (AvgIpc) is 3.10. The molecule has 1 saturated heterocycles. The van der Waals surface area contributed by atoms with Crippen LogP contribution in [0.1, 0.15) is 37.3 Å². The Bertz CT molecular complexity index is 902. The number of carbonyl (C=O) groups is 3. The van der Waals surface area contributed by atoms with Gasteiger partial charge < -0.3 is 25.4 Å². The van der Waals surface area contributed by atoms with Gasteiger partial charge in [0.05, 0.1) is 5.69 Å². The fraction of sp³-hybridized carbons (Fsp3) is 0.400. The number of piperidine rings is 1. The van der Waals surface area contributed by atoms with E-state index in [1.807, 2.05) is 0 Å². The zero-order valence-electron chi connectivity index (χ0n) is 16.3. The number of carboxylic acids is 2. The molecule has 9 nitrogen and oxygen atoms in total. The Morgan fingerprint density at radius 3 is 2.40 bits per heavy atom. The largest absolute Gasteiger partial charge is 0.478 e. The molecule has 0 atom stereocenters. The number of halogens is 1. The molecule has 0 aliphatic carbocycles. The molecule has 0 bridgehead atoms. The number of nitrogens with zero attached hydrogens (tertiary/aromatic N) is 2. The van der Waals surface area contributed by atoms with Crippen molar-refractivity contribution in [1.29, 1.82) is 0 Å². The van der Waals surface area contributed by atoms with Crippen LogP contribution in [0.5, 0.6) is 0 Å². The number of aromatic nitrogens is 1. The Labute approximate surface area is 171 Å². The second-order valence-corrected chi connectivity index (χ2v) is 6.90. The fourth-order valence-electron chi connectivity index (χ4n) is 3.27. The van der Waals surface area contributed by atoms with Crippen LogP contribution in [0.3, 0.4) is 0 Å². The van der Waals surface area contributed by atoms with Gasteiger partial charge in [-0.1, -0.05) is 5.16 Å². The van der Waals surface area contributed by atoms with Crippen molar-refractivity contribution in [1.82, 2.24) is 10.1 Å². The molecule has 162 valence electrons. The zero-order chi connectivity index (χ0) is 22.1. The molecule has 1 aliphatic rings. The smallest absolute Gasteiger partial charge is 0.328 e. The summed E-state index contributed by atoms with van der Waals surface area (Å²) in [6.07, 6.45) is 4.36. The Morgan fingerprint density at radius 1 is 1.20 bits per heavy atom. The van der Waals surface area contributed by atoms with Crippen molar-refractivity contribution in [2.24, 2.45) is 5.73 Å². The topological polar surface area (TPSA) is 147 Å². The highest BCUT2D eigenvalue weighted by atomic mass is 19.1. The number of aliphatic carboxylic acids is 2. The predicted molar refractivity (Wildman–Crippen MR) is 105 cm³/mol. The van der Waals surface area contributed by atoms with Gasteiger partial charge in [0.25, 0.3) is 0 Å². The lowest BCUT2D eigenvalue weighted by atomic mass is 9.91. The van der Waals surface area contributed by atoms with Crippen LogP contribution in [-0.4, -0.2) is 57.7 Å². The van der Waals surface area contributed by atoms with Crippen molar-refractivity contribution >= 4 is 28.8 Å². The number of carbonyl (C=O) groups excluding carboxylic acids is 1. The van der Waals surface area contributed by atoms with E-state index >= 15 is 0 Å². The fourth-order valence-corrected chi connectivity index (χ4v) is 3.27. The molecule has 0 unspecified atom stereocenters. The lowest BCUT2D eigenvalue weighted by Gasteiger charge is -2.31. The number of rotatable bonds is 7. The normalized spacial score (nSPS) is 15.1. The molecule has 4 N–H and O–H groups in total. The number of primary amides is 1. The molecule has 1 amide bonds. The predicted octanol–water partition coefficient (Wildman–Crippen LogP) is 2.12. The van der Waals surface area contributed by atoms with Crippen molar-refractivity contribution < 1.29 is 33.5 Å². The molecule has 1 aliphatic heterocycles. The maximum atomic E-state index is 13.2. The van der Waals surface area contributed by atoms with E-state index in [2.05, 4.69) is 10.1 Å². The molecular formula is C20H24FN3O6. The van der Waals surface area contributed by atoms with E-state index in [1.165, 1.54) is 12.1 Å². The summed E-state index contributed by atoms with van der Waals surface area (Å²) in [6, 6.07) is 4.57. The standard InChI is InChI=1S/C16H20FN3O2.C4H4O4/c17-12-3-4-13-14(10-12)22-19-16(13)11-5-8-20(9-6-11)7-1-2-15(18)21;5-3(6)1-2-4(7)8/h3-4,10-11H,1-2,5-9H2,(H2,18,21);1-2H,(H,5,6)(H,7,8). The van der Waals surface area contributed by atoms with Crippen LogP contribution in [0.4, 0.5) is 4.39 Å². The van der Waals surface area contributed by atoms with E-state index in [1.54, 1.807) is 6.07 Å². The summed E-state index contributed by atoms with van der Waals surface area (Å²) in [6.45, 7) is 2.85. The van der Waals surface area contributed by atoms with Gasteiger partial charge in [0, 0.05) is 35.9 Å². The maximum absolute atomic E-state index is 13.2. The van der Waals surface area contributed by atoms with Crippen molar-refractivity contribution in [3.8, 4) is 0 Å². The van der Waals surface area contributed by atoms with E-state index in [9.17, 15) is 18.8 Å². The second kappa shape index (κ2) is 11.1. The highest BCUT2D eigenvalue weighted by molar-refractivity contribution is 5.89. The van der Waals surface area contributed by atoms with Crippen LogP contribution in [-0.2, 0) is 14.4 Å². The summed E-state index contributed by atoms with van der Waals surface area (Å²) < 4.78 is 18.4. The molecule has 2 heterocycles. The van der Waals surface area contributed by atoms with Crippen LogP contribution < -0.4 is 5.73 Å². The first-order valence-electron chi connectivity index (χ1n) is 9.45. The number of benzene rings is 1. The van der Waals surface area contributed by atoms with E-state index in [0.717, 1.165) is 50.0 Å². The summed E-state index contributed by atoms with van der Waals surface area (Å²) in [5, 5.41) is 20.7. The summed E-state index contributed by atoms with van der Waals surface area (Å²) in [7, 11) is 0. The minimum atomic E-state index is -1.26. The van der Waals surface area contributed by atoms with Crippen molar-refractivity contribution in [3.05, 3.63) is 41.9 Å². The third kappa shape index (κ3) is 7.28. The van der Waals surface area contributed by atoms with E-state index in [0.29, 0.717) is 30.1 Å². The molecule has 0 saturated carbocycles. The Kier molecular flexibility index (Phi) is 8.48. The first kappa shape index (κ1) is 23.0. The summed E-state index contributed by atoms with van der Waals surface area (Å²) in [5.74, 6) is -2.71. The molecular weight excluding hydrogens is 397 g/mol. The third-order valence-corrected chi connectivity index (χ3v) is 4.70. The molecule has 1 aromatic heterocycles. The Hall–Kier alpha value is -3.27. The molecule has 0 spiro atoms. The van der Waals surface area contributed by atoms with Gasteiger partial charge in [-0.25, -0.2) is 14.0 Å². The molecule has 1 aromatic carbocycles. The van der Waals surface area contributed by atoms with Gasteiger partial charge in [0.1, 0.15) is 5.82 Å². The van der Waals surface area contributed by atoms with E-state index < -0.39 is 11.9 Å². The van der Waals surface area contributed by atoms with Crippen LogP contribution >= 0.6 is 0 Å². The van der Waals surface area contributed by atoms with Crippen LogP contribution in [0.2, 0.25) is 0 Å². The van der Waals surface area contributed by atoms with Gasteiger partial charge in [-0.2, -0.15) is 0 Å². The number of nitrogens with two attached hydrogens (primary N) is 1. The average molecular weight is 421 g/mol. The summed E-state index contributed by atoms with van der Waals surface area (Å²) in [5.41, 5.74) is 6.60. The third-order valence-electron chi connectivity index (χ3n) is 4.70. The minimum absolute atomic E-state index is 0.240. The van der Waals surface area contributed by atoms with Crippen molar-refractivity contribution in [3.63, 3.8) is 0 Å². The first-order valence-corrected chi connectivity index (χ1v) is 9.45. The molecule has 0 radical (unpaired) electrons. The minimum Gasteiger partial charge on any atom is -0.478 e. The molecule has 3 rings (SSSR count).